The van der Waals surface area contributed by atoms with Crippen LogP contribution in [-0.2, 0) is 0 Å². The van der Waals surface area contributed by atoms with Crippen molar-refractivity contribution in [2.75, 3.05) is 26.7 Å². The van der Waals surface area contributed by atoms with Crippen LogP contribution >= 0.6 is 0 Å². The first-order valence-electron chi connectivity index (χ1n) is 11.7. The zero-order chi connectivity index (χ0) is 25.7. The zero-order valence-corrected chi connectivity index (χ0v) is 20.9. The minimum absolute atomic E-state index is 0.000471. The summed E-state index contributed by atoms with van der Waals surface area (Å²) in [4.78, 5) is 33.7. The highest BCUT2D eigenvalue weighted by atomic mass is 16.5. The molecule has 3 atom stereocenters. The number of nitrogens with one attached hydrogen (secondary N) is 1. The molecule has 0 spiro atoms. The number of nitriles is 1. The number of urea groups is 1. The minimum Gasteiger partial charge on any atom is -0.472 e. The molecular formula is C26H33N5O4. The van der Waals surface area contributed by atoms with E-state index in [0.29, 0.717) is 24.2 Å². The Balaban J connectivity index is 2.01. The molecule has 1 aromatic heterocycles. The first-order chi connectivity index (χ1) is 16.6. The van der Waals surface area contributed by atoms with Gasteiger partial charge in [-0.3, -0.25) is 4.79 Å². The monoisotopic (exact) mass is 479 g/mol. The van der Waals surface area contributed by atoms with E-state index in [9.17, 15) is 20.0 Å². The number of pyridine rings is 1. The fourth-order valence-corrected chi connectivity index (χ4v) is 3.96. The highest BCUT2D eigenvalue weighted by molar-refractivity contribution is 5.98. The van der Waals surface area contributed by atoms with Crippen molar-refractivity contribution in [2.45, 2.75) is 45.9 Å². The molecule has 0 unspecified atom stereocenters. The van der Waals surface area contributed by atoms with Crippen LogP contribution in [0, 0.1) is 17.2 Å². The number of aliphatic hydroxyl groups excluding tert-OH is 1. The summed E-state index contributed by atoms with van der Waals surface area (Å²) in [5.74, 6) is -0.243. The number of fused-ring (bicyclic) bond motifs is 1. The van der Waals surface area contributed by atoms with Crippen LogP contribution in [0.25, 0.3) is 11.1 Å². The lowest BCUT2D eigenvalue weighted by molar-refractivity contribution is 0.0352. The van der Waals surface area contributed by atoms with Crippen molar-refractivity contribution in [3.05, 3.63) is 47.7 Å². The first kappa shape index (κ1) is 26.0. The normalized spacial score (nSPS) is 18.6. The largest absolute Gasteiger partial charge is 0.472 e. The number of benzene rings is 1. The Morgan fingerprint density at radius 3 is 2.74 bits per heavy atom. The molecule has 0 radical (unpaired) electrons. The van der Waals surface area contributed by atoms with Crippen molar-refractivity contribution in [1.82, 2.24) is 20.1 Å². The van der Waals surface area contributed by atoms with Crippen molar-refractivity contribution in [3.8, 4) is 23.1 Å². The number of carbonyl (C=O) groups is 2. The molecule has 186 valence electrons. The van der Waals surface area contributed by atoms with Crippen molar-refractivity contribution >= 4 is 11.9 Å². The second-order valence-corrected chi connectivity index (χ2v) is 9.38. The number of nitrogens with zero attached hydrogens (tertiary/aromatic N) is 4. The fourth-order valence-electron chi connectivity index (χ4n) is 3.96. The Hall–Kier alpha value is -3.64. The van der Waals surface area contributed by atoms with Gasteiger partial charge in [0.25, 0.3) is 5.91 Å². The molecule has 3 amide bonds. The Morgan fingerprint density at radius 1 is 1.34 bits per heavy atom. The predicted molar refractivity (Wildman–Crippen MR) is 132 cm³/mol. The van der Waals surface area contributed by atoms with Gasteiger partial charge in [-0.15, -0.1) is 0 Å². The van der Waals surface area contributed by atoms with Gasteiger partial charge in [0.1, 0.15) is 11.7 Å². The van der Waals surface area contributed by atoms with Gasteiger partial charge in [0, 0.05) is 37.3 Å². The quantitative estimate of drug-likeness (QED) is 0.658. The number of carbonyl (C=O) groups excluding carboxylic acids is 2. The molecule has 1 aromatic carbocycles. The van der Waals surface area contributed by atoms with Crippen molar-refractivity contribution in [2.24, 2.45) is 5.92 Å². The number of ether oxygens (including phenoxy) is 1. The molecule has 0 saturated carbocycles. The lowest BCUT2D eigenvalue weighted by atomic mass is 9.99. The molecule has 3 rings (SSSR count). The average molecular weight is 480 g/mol. The summed E-state index contributed by atoms with van der Waals surface area (Å²) in [6, 6.07) is 10.3. The van der Waals surface area contributed by atoms with Gasteiger partial charge in [0.05, 0.1) is 30.8 Å². The molecule has 2 heterocycles. The molecule has 9 heteroatoms. The third-order valence-corrected chi connectivity index (χ3v) is 6.06. The summed E-state index contributed by atoms with van der Waals surface area (Å²) in [6.07, 6.45) is 1.18. The van der Waals surface area contributed by atoms with Gasteiger partial charge in [-0.25, -0.2) is 9.78 Å². The van der Waals surface area contributed by atoms with E-state index in [0.717, 1.165) is 5.56 Å². The number of hydrogen-bond acceptors (Lipinski definition) is 6. The van der Waals surface area contributed by atoms with Crippen LogP contribution in [0.2, 0.25) is 0 Å². The minimum atomic E-state index is -0.432. The molecule has 0 aliphatic carbocycles. The molecule has 2 N–H and O–H groups in total. The van der Waals surface area contributed by atoms with Crippen molar-refractivity contribution < 1.29 is 19.4 Å². The van der Waals surface area contributed by atoms with Crippen LogP contribution in [0.1, 0.15) is 43.6 Å². The summed E-state index contributed by atoms with van der Waals surface area (Å²) in [5.41, 5.74) is 2.21. The van der Waals surface area contributed by atoms with Crippen LogP contribution in [0.15, 0.2) is 36.5 Å². The summed E-state index contributed by atoms with van der Waals surface area (Å²) in [7, 11) is 1.70. The molecule has 0 fully saturated rings. The van der Waals surface area contributed by atoms with Gasteiger partial charge in [-0.1, -0.05) is 19.1 Å². The first-order valence-corrected chi connectivity index (χ1v) is 11.7. The Labute approximate surface area is 206 Å². The third-order valence-electron chi connectivity index (χ3n) is 6.06. The Kier molecular flexibility index (Phi) is 8.30. The maximum absolute atomic E-state index is 13.6. The standard InChI is InChI=1S/C26H33N5O4/c1-16(2)29-26(34)30(5)14-23-17(3)13-31(18(4)15-32)25(33)22-10-21(12-28-24(22)35-23)20-8-6-7-19(9-20)11-27/h6-10,12,16-18,23,32H,13-15H2,1-5H3,(H,29,34)/t17-,18-,23+/m1/s1. The topological polar surface area (TPSA) is 119 Å². The lowest BCUT2D eigenvalue weighted by Crippen LogP contribution is -2.51. The van der Waals surface area contributed by atoms with Crippen LogP contribution in [0.5, 0.6) is 5.88 Å². The smallest absolute Gasteiger partial charge is 0.317 e. The third kappa shape index (κ3) is 6.08. The highest BCUT2D eigenvalue weighted by Gasteiger charge is 2.34. The molecule has 1 aliphatic rings. The SMILES string of the molecule is CC(C)NC(=O)N(C)C[C@@H]1Oc2ncc(-c3cccc(C#N)c3)cc2C(=O)N([C@H](C)CO)C[C@H]1C. The number of hydrogen-bond donors (Lipinski definition) is 2. The van der Waals surface area contributed by atoms with Crippen LogP contribution in [0.4, 0.5) is 4.79 Å². The highest BCUT2D eigenvalue weighted by Crippen LogP contribution is 2.30. The molecule has 0 saturated heterocycles. The molecule has 35 heavy (non-hydrogen) atoms. The van der Waals surface area contributed by atoms with Crippen LogP contribution in [0.3, 0.4) is 0 Å². The summed E-state index contributed by atoms with van der Waals surface area (Å²) < 4.78 is 6.25. The van der Waals surface area contributed by atoms with Crippen LogP contribution < -0.4 is 10.1 Å². The molecule has 2 aromatic rings. The second kappa shape index (κ2) is 11.2. The second-order valence-electron chi connectivity index (χ2n) is 9.38. The fraction of sp³-hybridized carbons (Fsp3) is 0.462. The maximum atomic E-state index is 13.6. The average Bonchev–Trinajstić information content (AvgIpc) is 2.84. The maximum Gasteiger partial charge on any atom is 0.317 e. The van der Waals surface area contributed by atoms with Gasteiger partial charge in [0.15, 0.2) is 0 Å². The lowest BCUT2D eigenvalue weighted by Gasteiger charge is -2.37. The summed E-state index contributed by atoms with van der Waals surface area (Å²) >= 11 is 0. The molecule has 9 nitrogen and oxygen atoms in total. The molecule has 0 bridgehead atoms. The number of rotatable bonds is 6. The van der Waals surface area contributed by atoms with E-state index < -0.39 is 12.1 Å². The Morgan fingerprint density at radius 2 is 2.09 bits per heavy atom. The summed E-state index contributed by atoms with van der Waals surface area (Å²) in [6.45, 7) is 7.98. The van der Waals surface area contributed by atoms with Gasteiger partial charge in [-0.05, 0) is 44.5 Å². The van der Waals surface area contributed by atoms with Gasteiger partial charge in [-0.2, -0.15) is 5.26 Å². The van der Waals surface area contributed by atoms with E-state index in [-0.39, 0.29) is 41.9 Å². The van der Waals surface area contributed by atoms with Crippen molar-refractivity contribution in [3.63, 3.8) is 0 Å². The Bertz CT molecular complexity index is 1110. The number of aliphatic hydroxyl groups is 1. The molecule has 1 aliphatic heterocycles. The van der Waals surface area contributed by atoms with E-state index in [1.54, 1.807) is 54.2 Å². The zero-order valence-electron chi connectivity index (χ0n) is 20.9. The number of aromatic nitrogens is 1. The van der Waals surface area contributed by atoms with E-state index in [1.807, 2.05) is 26.8 Å². The van der Waals surface area contributed by atoms with Gasteiger partial charge < -0.3 is 25.0 Å². The van der Waals surface area contributed by atoms with Gasteiger partial charge in [0.2, 0.25) is 5.88 Å². The van der Waals surface area contributed by atoms with Crippen molar-refractivity contribution in [1.29, 1.82) is 5.26 Å². The molecular weight excluding hydrogens is 446 g/mol. The van der Waals surface area contributed by atoms with E-state index >= 15 is 0 Å². The van der Waals surface area contributed by atoms with E-state index in [1.165, 1.54) is 0 Å². The van der Waals surface area contributed by atoms with Crippen LogP contribution in [-0.4, -0.2) is 76.8 Å². The van der Waals surface area contributed by atoms with E-state index in [2.05, 4.69) is 16.4 Å². The number of amides is 3. The summed E-state index contributed by atoms with van der Waals surface area (Å²) in [5, 5.41) is 21.9. The number of likely N-dealkylation sites (N-methyl/N-ethyl adjacent to an activating group) is 1. The van der Waals surface area contributed by atoms with E-state index in [4.69, 9.17) is 4.74 Å². The van der Waals surface area contributed by atoms with Gasteiger partial charge >= 0.3 is 6.03 Å². The predicted octanol–water partition coefficient (Wildman–Crippen LogP) is 2.89.